The number of rotatable bonds is 8. The molecule has 106 valence electrons. The Morgan fingerprint density at radius 3 is 2.58 bits per heavy atom. The minimum Gasteiger partial charge on any atom is -0.375 e. The summed E-state index contributed by atoms with van der Waals surface area (Å²) >= 11 is 0. The molecule has 3 heteroatoms. The van der Waals surface area contributed by atoms with Crippen LogP contribution in [0.5, 0.6) is 0 Å². The van der Waals surface area contributed by atoms with Crippen LogP contribution in [0.2, 0.25) is 0 Å². The van der Waals surface area contributed by atoms with Crippen LogP contribution < -0.4 is 10.2 Å². The molecule has 1 N–H and O–H groups in total. The average Bonchev–Trinajstić information content (AvgIpc) is 2.46. The molecule has 1 aromatic carbocycles. The van der Waals surface area contributed by atoms with Crippen molar-refractivity contribution in [2.45, 2.75) is 33.1 Å². The SMILES string of the molecule is CCC(C)C(=O)NCCCCN(C)c1ccccc1. The van der Waals surface area contributed by atoms with Gasteiger partial charge in [0.25, 0.3) is 0 Å². The fraction of sp³-hybridized carbons (Fsp3) is 0.562. The average molecular weight is 262 g/mol. The summed E-state index contributed by atoms with van der Waals surface area (Å²) in [5.41, 5.74) is 1.24. The van der Waals surface area contributed by atoms with Crippen molar-refractivity contribution in [3.63, 3.8) is 0 Å². The molecule has 1 unspecified atom stereocenters. The Labute approximate surface area is 117 Å². The molecule has 1 aromatic rings. The molecule has 19 heavy (non-hydrogen) atoms. The lowest BCUT2D eigenvalue weighted by atomic mass is 10.1. The zero-order chi connectivity index (χ0) is 14.1. The van der Waals surface area contributed by atoms with Crippen molar-refractivity contribution in [3.8, 4) is 0 Å². The Hall–Kier alpha value is -1.51. The van der Waals surface area contributed by atoms with Gasteiger partial charge in [-0.15, -0.1) is 0 Å². The molecule has 0 fully saturated rings. The van der Waals surface area contributed by atoms with Crippen molar-refractivity contribution in [1.82, 2.24) is 5.32 Å². The lowest BCUT2D eigenvalue weighted by molar-refractivity contribution is -0.124. The highest BCUT2D eigenvalue weighted by Gasteiger charge is 2.08. The molecule has 0 bridgehead atoms. The summed E-state index contributed by atoms with van der Waals surface area (Å²) < 4.78 is 0. The largest absolute Gasteiger partial charge is 0.375 e. The van der Waals surface area contributed by atoms with Crippen LogP contribution in [0.4, 0.5) is 5.69 Å². The van der Waals surface area contributed by atoms with Gasteiger partial charge in [-0.2, -0.15) is 0 Å². The van der Waals surface area contributed by atoms with Crippen LogP contribution in [0.15, 0.2) is 30.3 Å². The highest BCUT2D eigenvalue weighted by molar-refractivity contribution is 5.78. The Balaban J connectivity index is 2.13. The van der Waals surface area contributed by atoms with Gasteiger partial charge in [0.2, 0.25) is 5.91 Å². The molecule has 1 amide bonds. The zero-order valence-electron chi connectivity index (χ0n) is 12.4. The fourth-order valence-electron chi connectivity index (χ4n) is 1.86. The third kappa shape index (κ3) is 5.77. The lowest BCUT2D eigenvalue weighted by Crippen LogP contribution is -2.30. The van der Waals surface area contributed by atoms with Gasteiger partial charge in [0.05, 0.1) is 0 Å². The van der Waals surface area contributed by atoms with E-state index in [0.29, 0.717) is 0 Å². The molecular formula is C16H26N2O. The highest BCUT2D eigenvalue weighted by Crippen LogP contribution is 2.11. The first-order valence-corrected chi connectivity index (χ1v) is 7.19. The van der Waals surface area contributed by atoms with Crippen molar-refractivity contribution in [2.24, 2.45) is 5.92 Å². The van der Waals surface area contributed by atoms with Gasteiger partial charge < -0.3 is 10.2 Å². The monoisotopic (exact) mass is 262 g/mol. The van der Waals surface area contributed by atoms with Gasteiger partial charge in [-0.3, -0.25) is 4.79 Å². The van der Waals surface area contributed by atoms with Crippen molar-refractivity contribution >= 4 is 11.6 Å². The molecule has 0 aromatic heterocycles. The highest BCUT2D eigenvalue weighted by atomic mass is 16.1. The van der Waals surface area contributed by atoms with Gasteiger partial charge in [0, 0.05) is 31.7 Å². The van der Waals surface area contributed by atoms with E-state index < -0.39 is 0 Å². The molecule has 3 nitrogen and oxygen atoms in total. The number of unbranched alkanes of at least 4 members (excludes halogenated alkanes) is 1. The second-order valence-electron chi connectivity index (χ2n) is 5.06. The van der Waals surface area contributed by atoms with E-state index in [1.165, 1.54) is 5.69 Å². The first kappa shape index (κ1) is 15.5. The van der Waals surface area contributed by atoms with Crippen LogP contribution in [0.25, 0.3) is 0 Å². The molecule has 0 aliphatic rings. The third-order valence-corrected chi connectivity index (χ3v) is 3.48. The topological polar surface area (TPSA) is 32.3 Å². The van der Waals surface area contributed by atoms with Crippen molar-refractivity contribution in [3.05, 3.63) is 30.3 Å². The van der Waals surface area contributed by atoms with Crippen LogP contribution in [0.1, 0.15) is 33.1 Å². The van der Waals surface area contributed by atoms with Crippen LogP contribution >= 0.6 is 0 Å². The van der Waals surface area contributed by atoms with E-state index in [1.807, 2.05) is 19.9 Å². The van der Waals surface area contributed by atoms with Gasteiger partial charge >= 0.3 is 0 Å². The first-order valence-electron chi connectivity index (χ1n) is 7.19. The Kier molecular flexibility index (Phi) is 7.01. The minimum atomic E-state index is 0.131. The Morgan fingerprint density at radius 1 is 1.26 bits per heavy atom. The smallest absolute Gasteiger partial charge is 0.222 e. The number of anilines is 1. The van der Waals surface area contributed by atoms with Crippen molar-refractivity contribution < 1.29 is 4.79 Å². The molecule has 1 rings (SSSR count). The molecule has 0 spiro atoms. The Bertz CT molecular complexity index is 364. The summed E-state index contributed by atoms with van der Waals surface area (Å²) in [6.07, 6.45) is 3.02. The maximum atomic E-state index is 11.6. The normalized spacial score (nSPS) is 11.9. The molecule has 0 heterocycles. The standard InChI is InChI=1S/C16H26N2O/c1-4-14(2)16(19)17-12-8-9-13-18(3)15-10-6-5-7-11-15/h5-7,10-11,14H,4,8-9,12-13H2,1-3H3,(H,17,19). The summed E-state index contributed by atoms with van der Waals surface area (Å²) in [4.78, 5) is 13.8. The molecule has 0 saturated heterocycles. The van der Waals surface area contributed by atoms with E-state index in [-0.39, 0.29) is 11.8 Å². The van der Waals surface area contributed by atoms with Crippen LogP contribution in [0.3, 0.4) is 0 Å². The summed E-state index contributed by atoms with van der Waals surface area (Å²) in [5, 5.41) is 2.99. The van der Waals surface area contributed by atoms with Gasteiger partial charge in [-0.1, -0.05) is 32.0 Å². The predicted molar refractivity (Wildman–Crippen MR) is 81.4 cm³/mol. The number of nitrogens with zero attached hydrogens (tertiary/aromatic N) is 1. The van der Waals surface area contributed by atoms with E-state index >= 15 is 0 Å². The number of hydrogen-bond acceptors (Lipinski definition) is 2. The van der Waals surface area contributed by atoms with Crippen LogP contribution in [-0.4, -0.2) is 26.0 Å². The van der Waals surface area contributed by atoms with E-state index in [0.717, 1.165) is 32.4 Å². The third-order valence-electron chi connectivity index (χ3n) is 3.48. The van der Waals surface area contributed by atoms with E-state index in [1.54, 1.807) is 0 Å². The Morgan fingerprint density at radius 2 is 1.95 bits per heavy atom. The maximum absolute atomic E-state index is 11.6. The van der Waals surface area contributed by atoms with Gasteiger partial charge in [0.1, 0.15) is 0 Å². The van der Waals surface area contributed by atoms with E-state index in [2.05, 4.69) is 41.5 Å². The first-order chi connectivity index (χ1) is 9.15. The number of nitrogens with one attached hydrogen (secondary N) is 1. The number of amides is 1. The molecule has 0 saturated carbocycles. The van der Waals surface area contributed by atoms with Gasteiger partial charge in [-0.25, -0.2) is 0 Å². The molecule has 0 aliphatic carbocycles. The summed E-state index contributed by atoms with van der Waals surface area (Å²) in [6.45, 7) is 5.81. The molecule has 0 aliphatic heterocycles. The number of carbonyl (C=O) groups is 1. The number of benzene rings is 1. The second kappa shape index (κ2) is 8.57. The van der Waals surface area contributed by atoms with E-state index in [9.17, 15) is 4.79 Å². The van der Waals surface area contributed by atoms with Crippen LogP contribution in [-0.2, 0) is 4.79 Å². The van der Waals surface area contributed by atoms with Crippen molar-refractivity contribution in [2.75, 3.05) is 25.0 Å². The quantitative estimate of drug-likeness (QED) is 0.730. The van der Waals surface area contributed by atoms with E-state index in [4.69, 9.17) is 0 Å². The van der Waals surface area contributed by atoms with Gasteiger partial charge in [-0.05, 0) is 31.4 Å². The molecular weight excluding hydrogens is 236 g/mol. The number of para-hydroxylation sites is 1. The van der Waals surface area contributed by atoms with Crippen molar-refractivity contribution in [1.29, 1.82) is 0 Å². The van der Waals surface area contributed by atoms with Gasteiger partial charge in [0.15, 0.2) is 0 Å². The summed E-state index contributed by atoms with van der Waals surface area (Å²) in [5.74, 6) is 0.311. The predicted octanol–water partition coefficient (Wildman–Crippen LogP) is 3.07. The minimum absolute atomic E-state index is 0.131. The van der Waals surface area contributed by atoms with Crippen LogP contribution in [0, 0.1) is 5.92 Å². The lowest BCUT2D eigenvalue weighted by Gasteiger charge is -2.19. The number of hydrogen-bond donors (Lipinski definition) is 1. The zero-order valence-corrected chi connectivity index (χ0v) is 12.4. The maximum Gasteiger partial charge on any atom is 0.222 e. The molecule has 1 atom stereocenters. The number of carbonyl (C=O) groups excluding carboxylic acids is 1. The summed E-state index contributed by atoms with van der Waals surface area (Å²) in [7, 11) is 2.10. The molecule has 0 radical (unpaired) electrons. The fourth-order valence-corrected chi connectivity index (χ4v) is 1.86. The second-order valence-corrected chi connectivity index (χ2v) is 5.06. The summed E-state index contributed by atoms with van der Waals surface area (Å²) in [6, 6.07) is 10.4.